The smallest absolute Gasteiger partial charge is 0.245 e. The predicted molar refractivity (Wildman–Crippen MR) is 75.4 cm³/mol. The van der Waals surface area contributed by atoms with E-state index in [0.29, 0.717) is 24.1 Å². The molecule has 1 aliphatic heterocycles. The Kier molecular flexibility index (Phi) is 4.33. The summed E-state index contributed by atoms with van der Waals surface area (Å²) in [4.78, 5) is 0.153. The van der Waals surface area contributed by atoms with E-state index in [-0.39, 0.29) is 16.0 Å². The number of nitrogens with zero attached hydrogens (tertiary/aromatic N) is 1. The molecule has 0 bridgehead atoms. The van der Waals surface area contributed by atoms with E-state index in [4.69, 9.17) is 11.6 Å². The zero-order valence-electron chi connectivity index (χ0n) is 9.86. The van der Waals surface area contributed by atoms with Crippen LogP contribution in [0.2, 0.25) is 5.02 Å². The number of benzene rings is 1. The maximum Gasteiger partial charge on any atom is 0.245 e. The van der Waals surface area contributed by atoms with Crippen LogP contribution in [0.15, 0.2) is 27.6 Å². The first-order chi connectivity index (χ1) is 8.43. The molecule has 100 valence electrons. The lowest BCUT2D eigenvalue weighted by atomic mass is 10.3. The summed E-state index contributed by atoms with van der Waals surface area (Å²) < 4.78 is 27.1. The van der Waals surface area contributed by atoms with Crippen LogP contribution in [0.4, 0.5) is 0 Å². The summed E-state index contributed by atoms with van der Waals surface area (Å²) in [5.41, 5.74) is 0. The first-order valence-electron chi connectivity index (χ1n) is 5.60. The maximum absolute atomic E-state index is 12.6. The average molecular weight is 354 g/mol. The van der Waals surface area contributed by atoms with Gasteiger partial charge in [-0.3, -0.25) is 0 Å². The Labute approximate surface area is 120 Å². The molecular formula is C11H14BrClN2O2S. The molecule has 1 aromatic carbocycles. The Bertz CT molecular complexity index is 530. The fourth-order valence-corrected chi connectivity index (χ4v) is 5.17. The minimum absolute atomic E-state index is 0.148. The van der Waals surface area contributed by atoms with Gasteiger partial charge in [-0.25, -0.2) is 8.42 Å². The van der Waals surface area contributed by atoms with Gasteiger partial charge in [-0.15, -0.1) is 0 Å². The van der Waals surface area contributed by atoms with Crippen molar-refractivity contribution in [1.29, 1.82) is 0 Å². The van der Waals surface area contributed by atoms with Gasteiger partial charge in [0.05, 0.1) is 5.02 Å². The number of nitrogens with one attached hydrogen (secondary N) is 1. The Hall–Kier alpha value is -0.140. The Balaban J connectivity index is 2.42. The summed E-state index contributed by atoms with van der Waals surface area (Å²) in [6.45, 7) is 3.54. The normalized spacial score (nSPS) is 22.1. The molecule has 1 aliphatic rings. The molecule has 18 heavy (non-hydrogen) atoms. The summed E-state index contributed by atoms with van der Waals surface area (Å²) in [5, 5.41) is 3.46. The first kappa shape index (κ1) is 14.3. The highest BCUT2D eigenvalue weighted by atomic mass is 79.9. The van der Waals surface area contributed by atoms with Gasteiger partial charge in [-0.2, -0.15) is 4.31 Å². The molecule has 1 aromatic rings. The molecular weight excluding hydrogens is 340 g/mol. The Morgan fingerprint density at radius 3 is 2.83 bits per heavy atom. The molecule has 1 N–H and O–H groups in total. The van der Waals surface area contributed by atoms with Crippen molar-refractivity contribution < 1.29 is 8.42 Å². The monoisotopic (exact) mass is 352 g/mol. The van der Waals surface area contributed by atoms with Gasteiger partial charge in [0.25, 0.3) is 0 Å². The van der Waals surface area contributed by atoms with Crippen LogP contribution in [0.3, 0.4) is 0 Å². The number of halogens is 2. The molecule has 2 rings (SSSR count). The molecule has 0 radical (unpaired) electrons. The van der Waals surface area contributed by atoms with E-state index in [2.05, 4.69) is 21.2 Å². The minimum Gasteiger partial charge on any atom is -0.312 e. The SMILES string of the molecule is C[C@@H]1CN(S(=O)(=O)c2c(Cl)cccc2Br)CCN1. The Morgan fingerprint density at radius 1 is 1.50 bits per heavy atom. The van der Waals surface area contributed by atoms with Crippen LogP contribution < -0.4 is 5.32 Å². The van der Waals surface area contributed by atoms with Crippen molar-refractivity contribution in [3.63, 3.8) is 0 Å². The van der Waals surface area contributed by atoms with E-state index < -0.39 is 10.0 Å². The van der Waals surface area contributed by atoms with Crippen molar-refractivity contribution in [2.24, 2.45) is 0 Å². The zero-order valence-corrected chi connectivity index (χ0v) is 13.0. The van der Waals surface area contributed by atoms with Gasteiger partial charge in [0.1, 0.15) is 4.90 Å². The fraction of sp³-hybridized carbons (Fsp3) is 0.455. The summed E-state index contributed by atoms with van der Waals surface area (Å²) in [6.07, 6.45) is 0. The van der Waals surface area contributed by atoms with Crippen LogP contribution in [0, 0.1) is 0 Å². The van der Waals surface area contributed by atoms with Crippen LogP contribution in [-0.4, -0.2) is 38.4 Å². The molecule has 7 heteroatoms. The summed E-state index contributed by atoms with van der Waals surface area (Å²) in [7, 11) is -3.54. The van der Waals surface area contributed by atoms with E-state index in [0.717, 1.165) is 0 Å². The van der Waals surface area contributed by atoms with Crippen LogP contribution in [0.25, 0.3) is 0 Å². The number of rotatable bonds is 2. The second-order valence-corrected chi connectivity index (χ2v) is 7.41. The third-order valence-electron chi connectivity index (χ3n) is 2.85. The summed E-state index contributed by atoms with van der Waals surface area (Å²) in [5.74, 6) is 0. The first-order valence-corrected chi connectivity index (χ1v) is 8.21. The van der Waals surface area contributed by atoms with Gasteiger partial charge in [0, 0.05) is 30.1 Å². The van der Waals surface area contributed by atoms with Gasteiger partial charge in [0.2, 0.25) is 10.0 Å². The van der Waals surface area contributed by atoms with E-state index in [1.165, 1.54) is 4.31 Å². The molecule has 4 nitrogen and oxygen atoms in total. The number of hydrogen-bond acceptors (Lipinski definition) is 3. The van der Waals surface area contributed by atoms with Crippen molar-refractivity contribution in [2.45, 2.75) is 17.9 Å². The predicted octanol–water partition coefficient (Wildman–Crippen LogP) is 2.08. The van der Waals surface area contributed by atoms with Crippen LogP contribution >= 0.6 is 27.5 Å². The van der Waals surface area contributed by atoms with Crippen molar-refractivity contribution in [1.82, 2.24) is 9.62 Å². The number of hydrogen-bond donors (Lipinski definition) is 1. The van der Waals surface area contributed by atoms with Gasteiger partial charge in [-0.1, -0.05) is 17.7 Å². The molecule has 0 amide bonds. The molecule has 0 spiro atoms. The van der Waals surface area contributed by atoms with Crippen molar-refractivity contribution in [3.05, 3.63) is 27.7 Å². The lowest BCUT2D eigenvalue weighted by Gasteiger charge is -2.31. The van der Waals surface area contributed by atoms with Gasteiger partial charge < -0.3 is 5.32 Å². The quantitative estimate of drug-likeness (QED) is 0.885. The second kappa shape index (κ2) is 5.46. The number of sulfonamides is 1. The van der Waals surface area contributed by atoms with Gasteiger partial charge in [0.15, 0.2) is 0 Å². The van der Waals surface area contributed by atoms with Gasteiger partial charge >= 0.3 is 0 Å². The standard InChI is InChI=1S/C11H14BrClN2O2S/c1-8-7-15(6-5-14-8)18(16,17)11-9(12)3-2-4-10(11)13/h2-4,8,14H,5-7H2,1H3/t8-/m1/s1. The fourth-order valence-electron chi connectivity index (χ4n) is 1.97. The molecule has 1 atom stereocenters. The van der Waals surface area contributed by atoms with E-state index >= 15 is 0 Å². The topological polar surface area (TPSA) is 49.4 Å². The van der Waals surface area contributed by atoms with Crippen LogP contribution in [0.5, 0.6) is 0 Å². The van der Waals surface area contributed by atoms with Crippen LogP contribution in [0.1, 0.15) is 6.92 Å². The second-order valence-electron chi connectivity index (χ2n) is 4.27. The maximum atomic E-state index is 12.6. The molecule has 0 aliphatic carbocycles. The van der Waals surface area contributed by atoms with E-state index in [9.17, 15) is 8.42 Å². The van der Waals surface area contributed by atoms with E-state index in [1.54, 1.807) is 18.2 Å². The highest BCUT2D eigenvalue weighted by Crippen LogP contribution is 2.32. The van der Waals surface area contributed by atoms with Gasteiger partial charge in [-0.05, 0) is 35.0 Å². The highest BCUT2D eigenvalue weighted by Gasteiger charge is 2.31. The minimum atomic E-state index is -3.54. The summed E-state index contributed by atoms with van der Waals surface area (Å²) in [6, 6.07) is 5.14. The van der Waals surface area contributed by atoms with Crippen LogP contribution in [-0.2, 0) is 10.0 Å². The molecule has 0 aromatic heterocycles. The molecule has 1 fully saturated rings. The van der Waals surface area contributed by atoms with E-state index in [1.807, 2.05) is 6.92 Å². The highest BCUT2D eigenvalue weighted by molar-refractivity contribution is 9.10. The lowest BCUT2D eigenvalue weighted by molar-refractivity contribution is 0.310. The number of piperazine rings is 1. The summed E-state index contributed by atoms with van der Waals surface area (Å²) >= 11 is 9.28. The third-order valence-corrected chi connectivity index (χ3v) is 6.17. The lowest BCUT2D eigenvalue weighted by Crippen LogP contribution is -2.51. The average Bonchev–Trinajstić information content (AvgIpc) is 2.28. The van der Waals surface area contributed by atoms with Crippen molar-refractivity contribution >= 4 is 37.6 Å². The molecule has 0 saturated carbocycles. The molecule has 1 heterocycles. The molecule has 1 saturated heterocycles. The van der Waals surface area contributed by atoms with Crippen molar-refractivity contribution in [2.75, 3.05) is 19.6 Å². The van der Waals surface area contributed by atoms with Crippen molar-refractivity contribution in [3.8, 4) is 0 Å². The Morgan fingerprint density at radius 2 is 2.22 bits per heavy atom. The third kappa shape index (κ3) is 2.72. The molecule has 0 unspecified atom stereocenters. The zero-order chi connectivity index (χ0) is 13.3. The largest absolute Gasteiger partial charge is 0.312 e.